The Hall–Kier alpha value is -2.34. The number of nitrogens with one attached hydrogen (secondary N) is 1. The van der Waals surface area contributed by atoms with Gasteiger partial charge in [0.2, 0.25) is 0 Å². The first-order valence-corrected chi connectivity index (χ1v) is 9.89. The molecule has 0 radical (unpaired) electrons. The molecule has 5 nitrogen and oxygen atoms in total. The molecule has 2 heterocycles. The Kier molecular flexibility index (Phi) is 6.96. The van der Waals surface area contributed by atoms with Crippen LogP contribution in [0.2, 0.25) is 5.02 Å². The Morgan fingerprint density at radius 3 is 2.59 bits per heavy atom. The summed E-state index contributed by atoms with van der Waals surface area (Å²) < 4.78 is 1.75. The van der Waals surface area contributed by atoms with Gasteiger partial charge in [0.25, 0.3) is 5.91 Å². The van der Waals surface area contributed by atoms with E-state index < -0.39 is 0 Å². The average molecular weight is 431 g/mol. The van der Waals surface area contributed by atoms with E-state index in [0.29, 0.717) is 16.6 Å². The van der Waals surface area contributed by atoms with Crippen LogP contribution in [0.5, 0.6) is 0 Å². The molecule has 1 aliphatic rings. The molecule has 2 aromatic carbocycles. The van der Waals surface area contributed by atoms with Crippen LogP contribution < -0.4 is 5.32 Å². The van der Waals surface area contributed by atoms with Crippen molar-refractivity contribution in [3.8, 4) is 16.9 Å². The fourth-order valence-electron chi connectivity index (χ4n) is 3.70. The van der Waals surface area contributed by atoms with Crippen molar-refractivity contribution in [1.29, 1.82) is 0 Å². The molecule has 1 N–H and O–H groups in total. The molecule has 152 valence electrons. The number of carbonyl (C=O) groups excluding carboxylic acids is 1. The van der Waals surface area contributed by atoms with Crippen LogP contribution in [0.3, 0.4) is 0 Å². The number of likely N-dealkylation sites (tertiary alicyclic amines) is 1. The number of halogens is 2. The summed E-state index contributed by atoms with van der Waals surface area (Å²) in [6.45, 7) is 2.48. The van der Waals surface area contributed by atoms with E-state index in [2.05, 4.69) is 5.32 Å². The Bertz CT molecular complexity index is 957. The molecule has 29 heavy (non-hydrogen) atoms. The van der Waals surface area contributed by atoms with Gasteiger partial charge in [-0.15, -0.1) is 12.4 Å². The number of rotatable bonds is 5. The van der Waals surface area contributed by atoms with Gasteiger partial charge >= 0.3 is 0 Å². The molecule has 0 saturated carbocycles. The third-order valence-electron chi connectivity index (χ3n) is 5.14. The molecule has 1 amide bonds. The third kappa shape index (κ3) is 4.64. The summed E-state index contributed by atoms with van der Waals surface area (Å²) in [6, 6.07) is 19.2. The van der Waals surface area contributed by atoms with Gasteiger partial charge in [0.05, 0.1) is 11.4 Å². The largest absolute Gasteiger partial charge is 0.337 e. The summed E-state index contributed by atoms with van der Waals surface area (Å²) in [7, 11) is 1.95. The Morgan fingerprint density at radius 2 is 1.90 bits per heavy atom. The zero-order valence-electron chi connectivity index (χ0n) is 16.2. The first kappa shape index (κ1) is 21.4. The fourth-order valence-corrected chi connectivity index (χ4v) is 3.82. The molecule has 1 aromatic heterocycles. The van der Waals surface area contributed by atoms with Crippen LogP contribution in [-0.2, 0) is 0 Å². The van der Waals surface area contributed by atoms with Crippen LogP contribution in [-0.4, -0.2) is 47.3 Å². The third-order valence-corrected chi connectivity index (χ3v) is 5.39. The van der Waals surface area contributed by atoms with Crippen LogP contribution in [0.4, 0.5) is 0 Å². The van der Waals surface area contributed by atoms with Gasteiger partial charge in [0, 0.05) is 23.7 Å². The monoisotopic (exact) mass is 430 g/mol. The minimum absolute atomic E-state index is 0. The van der Waals surface area contributed by atoms with Gasteiger partial charge in [-0.1, -0.05) is 41.9 Å². The maximum Gasteiger partial charge on any atom is 0.272 e. The molecule has 1 atom stereocenters. The smallest absolute Gasteiger partial charge is 0.272 e. The summed E-state index contributed by atoms with van der Waals surface area (Å²) in [4.78, 5) is 15.2. The second-order valence-corrected chi connectivity index (χ2v) is 7.57. The lowest BCUT2D eigenvalue weighted by molar-refractivity contribution is 0.0778. The normalized spacial score (nSPS) is 15.9. The van der Waals surface area contributed by atoms with Gasteiger partial charge in [0.1, 0.15) is 5.69 Å². The molecule has 1 fully saturated rings. The molecule has 0 bridgehead atoms. The standard InChI is InChI=1S/C22H23ClN4O.ClH/c1-24-14-16-11-12-26(15-16)22(28)21-13-20(17-7-9-18(23)10-8-17)25-27(21)19-5-3-2-4-6-19;/h2-10,13,16,24H,11-12,14-15H2,1H3;1H. The quantitative estimate of drug-likeness (QED) is 0.656. The number of aromatic nitrogens is 2. The van der Waals surface area contributed by atoms with Crippen molar-refractivity contribution < 1.29 is 4.79 Å². The molecule has 0 aliphatic carbocycles. The van der Waals surface area contributed by atoms with E-state index in [-0.39, 0.29) is 18.3 Å². The Morgan fingerprint density at radius 1 is 1.17 bits per heavy atom. The first-order chi connectivity index (χ1) is 13.7. The molecule has 4 rings (SSSR count). The van der Waals surface area contributed by atoms with Crippen LogP contribution in [0.25, 0.3) is 16.9 Å². The number of hydrogen-bond donors (Lipinski definition) is 1. The van der Waals surface area contributed by atoms with Crippen LogP contribution in [0.1, 0.15) is 16.9 Å². The van der Waals surface area contributed by atoms with Crippen molar-refractivity contribution in [2.75, 3.05) is 26.7 Å². The summed E-state index contributed by atoms with van der Waals surface area (Å²) >= 11 is 6.02. The van der Waals surface area contributed by atoms with E-state index in [1.54, 1.807) is 4.68 Å². The number of carbonyl (C=O) groups is 1. The maximum absolute atomic E-state index is 13.3. The molecular formula is C22H24Cl2N4O. The van der Waals surface area contributed by atoms with E-state index in [4.69, 9.17) is 16.7 Å². The summed E-state index contributed by atoms with van der Waals surface area (Å²) in [5.74, 6) is 0.521. The Labute approximate surface area is 182 Å². The zero-order chi connectivity index (χ0) is 19.5. The summed E-state index contributed by atoms with van der Waals surface area (Å²) in [5, 5.41) is 8.63. The first-order valence-electron chi connectivity index (χ1n) is 9.51. The van der Waals surface area contributed by atoms with Crippen LogP contribution in [0.15, 0.2) is 60.7 Å². The maximum atomic E-state index is 13.3. The van der Waals surface area contributed by atoms with Gasteiger partial charge in [-0.3, -0.25) is 4.79 Å². The van der Waals surface area contributed by atoms with Crippen molar-refractivity contribution in [2.45, 2.75) is 6.42 Å². The molecule has 1 unspecified atom stereocenters. The minimum atomic E-state index is 0. The van der Waals surface area contributed by atoms with Crippen LogP contribution >= 0.6 is 24.0 Å². The number of para-hydroxylation sites is 1. The number of amides is 1. The predicted molar refractivity (Wildman–Crippen MR) is 119 cm³/mol. The molecular weight excluding hydrogens is 407 g/mol. The van der Waals surface area contributed by atoms with Crippen molar-refractivity contribution in [2.24, 2.45) is 5.92 Å². The average Bonchev–Trinajstić information content (AvgIpc) is 3.37. The zero-order valence-corrected chi connectivity index (χ0v) is 17.8. The highest BCUT2D eigenvalue weighted by Gasteiger charge is 2.29. The van der Waals surface area contributed by atoms with E-state index in [9.17, 15) is 4.79 Å². The molecule has 1 aliphatic heterocycles. The summed E-state index contributed by atoms with van der Waals surface area (Å²) in [6.07, 6.45) is 1.02. The molecule has 1 saturated heterocycles. The molecule has 3 aromatic rings. The highest BCUT2D eigenvalue weighted by atomic mass is 35.5. The molecule has 7 heteroatoms. The number of nitrogens with zero attached hydrogens (tertiary/aromatic N) is 3. The van der Waals surface area contributed by atoms with Crippen molar-refractivity contribution in [1.82, 2.24) is 20.0 Å². The Balaban J connectivity index is 0.00000240. The van der Waals surface area contributed by atoms with Crippen molar-refractivity contribution in [3.05, 3.63) is 71.4 Å². The number of hydrogen-bond acceptors (Lipinski definition) is 3. The highest BCUT2D eigenvalue weighted by Crippen LogP contribution is 2.26. The second-order valence-electron chi connectivity index (χ2n) is 7.13. The van der Waals surface area contributed by atoms with Gasteiger partial charge in [-0.05, 0) is 56.3 Å². The second kappa shape index (κ2) is 9.44. The predicted octanol–water partition coefficient (Wildman–Crippen LogP) is 4.30. The minimum Gasteiger partial charge on any atom is -0.337 e. The van der Waals surface area contributed by atoms with E-state index >= 15 is 0 Å². The SMILES string of the molecule is CNCC1CCN(C(=O)c2cc(-c3ccc(Cl)cc3)nn2-c2ccccc2)C1.Cl. The summed E-state index contributed by atoms with van der Waals surface area (Å²) in [5.41, 5.74) is 3.15. The van der Waals surface area contributed by atoms with Gasteiger partial charge < -0.3 is 10.2 Å². The van der Waals surface area contributed by atoms with Crippen molar-refractivity contribution >= 4 is 29.9 Å². The lowest BCUT2D eigenvalue weighted by Crippen LogP contribution is -2.31. The van der Waals surface area contributed by atoms with Gasteiger partial charge in [-0.2, -0.15) is 5.10 Å². The highest BCUT2D eigenvalue weighted by molar-refractivity contribution is 6.30. The van der Waals surface area contributed by atoms with Crippen LogP contribution in [0, 0.1) is 5.92 Å². The van der Waals surface area contributed by atoms with E-state index in [1.165, 1.54) is 0 Å². The van der Waals surface area contributed by atoms with Crippen molar-refractivity contribution in [3.63, 3.8) is 0 Å². The lowest BCUT2D eigenvalue weighted by atomic mass is 10.1. The fraction of sp³-hybridized carbons (Fsp3) is 0.273. The lowest BCUT2D eigenvalue weighted by Gasteiger charge is -2.17. The van der Waals surface area contributed by atoms with E-state index in [1.807, 2.05) is 72.6 Å². The van der Waals surface area contributed by atoms with Gasteiger partial charge in [-0.25, -0.2) is 4.68 Å². The topological polar surface area (TPSA) is 50.2 Å². The number of benzene rings is 2. The van der Waals surface area contributed by atoms with Gasteiger partial charge in [0.15, 0.2) is 0 Å². The van der Waals surface area contributed by atoms with E-state index in [0.717, 1.165) is 43.0 Å². The molecule has 0 spiro atoms.